The Hall–Kier alpha value is -3.78. The molecule has 0 radical (unpaired) electrons. The van der Waals surface area contributed by atoms with Gasteiger partial charge in [0.1, 0.15) is 6.61 Å². The minimum Gasteiger partial charge on any atom is -0.478 e. The van der Waals surface area contributed by atoms with Crippen molar-refractivity contribution in [3.63, 3.8) is 0 Å². The van der Waals surface area contributed by atoms with Crippen molar-refractivity contribution in [1.29, 1.82) is 0 Å². The number of amides is 2. The fourth-order valence-corrected chi connectivity index (χ4v) is 2.75. The van der Waals surface area contributed by atoms with Crippen molar-refractivity contribution in [2.75, 3.05) is 13.2 Å². The maximum Gasteiger partial charge on any atom is 0.316 e. The molecule has 0 unspecified atom stereocenters. The first-order valence-electron chi connectivity index (χ1n) is 9.21. The number of para-hydroxylation sites is 1. The Labute approximate surface area is 169 Å². The lowest BCUT2D eigenvalue weighted by Crippen LogP contribution is -2.38. The van der Waals surface area contributed by atoms with Crippen LogP contribution in [0.4, 0.5) is 9.18 Å². The van der Waals surface area contributed by atoms with E-state index in [1.165, 1.54) is 12.1 Å². The number of rotatable bonds is 6. The molecule has 0 spiro atoms. The van der Waals surface area contributed by atoms with E-state index in [-0.39, 0.29) is 31.0 Å². The van der Waals surface area contributed by atoms with E-state index in [4.69, 9.17) is 4.74 Å². The van der Waals surface area contributed by atoms with Gasteiger partial charge in [0.2, 0.25) is 0 Å². The van der Waals surface area contributed by atoms with E-state index in [1.54, 1.807) is 12.1 Å². The molecule has 0 aliphatic rings. The average molecular weight is 388 g/mol. The topological polar surface area (TPSA) is 50.4 Å². The summed E-state index contributed by atoms with van der Waals surface area (Å²) >= 11 is 0. The van der Waals surface area contributed by atoms with E-state index >= 15 is 0 Å². The summed E-state index contributed by atoms with van der Waals surface area (Å²) in [5.41, 5.74) is 1.97. The summed E-state index contributed by atoms with van der Waals surface area (Å²) in [4.78, 5) is 12.3. The molecule has 0 aliphatic carbocycles. The number of carbonyl (C=O) groups is 1. The first-order valence-corrected chi connectivity index (χ1v) is 9.21. The Kier molecular flexibility index (Phi) is 7.25. The molecule has 3 rings (SSSR count). The lowest BCUT2D eigenvalue weighted by molar-refractivity contribution is 0.240. The third-order valence-electron chi connectivity index (χ3n) is 4.14. The van der Waals surface area contributed by atoms with Gasteiger partial charge < -0.3 is 15.4 Å². The fourth-order valence-electron chi connectivity index (χ4n) is 2.75. The van der Waals surface area contributed by atoms with E-state index in [1.807, 2.05) is 60.7 Å². The van der Waals surface area contributed by atoms with Gasteiger partial charge >= 0.3 is 6.03 Å². The number of halogens is 1. The van der Waals surface area contributed by atoms with Gasteiger partial charge in [-0.15, -0.1) is 0 Å². The second kappa shape index (κ2) is 10.5. The molecule has 0 saturated heterocycles. The van der Waals surface area contributed by atoms with Crippen molar-refractivity contribution in [1.82, 2.24) is 10.6 Å². The highest BCUT2D eigenvalue weighted by Gasteiger charge is 2.15. The molecule has 146 valence electrons. The highest BCUT2D eigenvalue weighted by molar-refractivity contribution is 5.75. The Morgan fingerprint density at radius 3 is 2.07 bits per heavy atom. The van der Waals surface area contributed by atoms with Gasteiger partial charge in [-0.05, 0) is 23.3 Å². The van der Waals surface area contributed by atoms with Crippen molar-refractivity contribution < 1.29 is 13.9 Å². The summed E-state index contributed by atoms with van der Waals surface area (Å²) in [7, 11) is 0. The van der Waals surface area contributed by atoms with Gasteiger partial charge in [0.05, 0.1) is 12.6 Å². The molecule has 3 aromatic rings. The van der Waals surface area contributed by atoms with Crippen LogP contribution in [0.1, 0.15) is 17.2 Å². The molecule has 29 heavy (non-hydrogen) atoms. The second-order valence-electron chi connectivity index (χ2n) is 6.15. The quantitative estimate of drug-likeness (QED) is 0.619. The second-order valence-corrected chi connectivity index (χ2v) is 6.15. The first-order chi connectivity index (χ1) is 14.2. The summed E-state index contributed by atoms with van der Waals surface area (Å²) in [6.45, 7) is 0.198. The molecule has 3 aromatic carbocycles. The largest absolute Gasteiger partial charge is 0.478 e. The minimum atomic E-state index is -0.431. The zero-order chi connectivity index (χ0) is 20.3. The molecule has 0 atom stereocenters. The van der Waals surface area contributed by atoms with Gasteiger partial charge in [-0.3, -0.25) is 0 Å². The zero-order valence-corrected chi connectivity index (χ0v) is 15.8. The zero-order valence-electron chi connectivity index (χ0n) is 15.8. The monoisotopic (exact) mass is 388 g/mol. The van der Waals surface area contributed by atoms with E-state index < -0.39 is 5.82 Å². The Balaban J connectivity index is 1.52. The molecular formula is C24H21FN2O2. The predicted molar refractivity (Wildman–Crippen MR) is 111 cm³/mol. The molecule has 4 nitrogen and oxygen atoms in total. The molecule has 0 heterocycles. The van der Waals surface area contributed by atoms with Crippen molar-refractivity contribution in [2.45, 2.75) is 6.04 Å². The van der Waals surface area contributed by atoms with Crippen molar-refractivity contribution in [2.24, 2.45) is 0 Å². The van der Waals surface area contributed by atoms with Gasteiger partial charge in [-0.1, -0.05) is 84.6 Å². The van der Waals surface area contributed by atoms with Gasteiger partial charge in [0.15, 0.2) is 11.6 Å². The van der Waals surface area contributed by atoms with Crippen LogP contribution in [0.5, 0.6) is 5.75 Å². The SMILES string of the molecule is O=C(NCC#CCOc1ccccc1F)NC(c1ccccc1)c1ccccc1. The molecule has 0 aliphatic heterocycles. The first kappa shape index (κ1) is 20.0. The van der Waals surface area contributed by atoms with Crippen molar-refractivity contribution in [3.05, 3.63) is 102 Å². The van der Waals surface area contributed by atoms with Gasteiger partial charge in [0.25, 0.3) is 0 Å². The van der Waals surface area contributed by atoms with Crippen LogP contribution in [0, 0.1) is 17.7 Å². The summed E-state index contributed by atoms with van der Waals surface area (Å²) in [5, 5.41) is 5.68. The average Bonchev–Trinajstić information content (AvgIpc) is 2.77. The molecule has 2 amide bonds. The lowest BCUT2D eigenvalue weighted by Gasteiger charge is -2.19. The number of ether oxygens (including phenoxy) is 1. The van der Waals surface area contributed by atoms with Gasteiger partial charge in [-0.2, -0.15) is 0 Å². The standard InChI is InChI=1S/C24H21FN2O2/c25-21-15-7-8-16-22(21)29-18-10-9-17-26-24(28)27-23(19-11-3-1-4-12-19)20-13-5-2-6-14-20/h1-8,11-16,23H,17-18H2,(H2,26,27,28). The van der Waals surface area contributed by atoms with Crippen LogP contribution in [0.25, 0.3) is 0 Å². The molecule has 0 fully saturated rings. The van der Waals surface area contributed by atoms with Crippen LogP contribution in [0.2, 0.25) is 0 Å². The Bertz CT molecular complexity index is 942. The fraction of sp³-hybridized carbons (Fsp3) is 0.125. The molecular weight excluding hydrogens is 367 g/mol. The van der Waals surface area contributed by atoms with E-state index in [2.05, 4.69) is 22.5 Å². The van der Waals surface area contributed by atoms with Crippen LogP contribution in [0.3, 0.4) is 0 Å². The summed E-state index contributed by atoms with van der Waals surface area (Å²) in [6.07, 6.45) is 0. The summed E-state index contributed by atoms with van der Waals surface area (Å²) in [6, 6.07) is 25.0. The number of hydrogen-bond acceptors (Lipinski definition) is 2. The smallest absolute Gasteiger partial charge is 0.316 e. The number of benzene rings is 3. The van der Waals surface area contributed by atoms with E-state index in [0.717, 1.165) is 11.1 Å². The lowest BCUT2D eigenvalue weighted by atomic mass is 9.99. The Morgan fingerprint density at radius 1 is 0.862 bits per heavy atom. The predicted octanol–water partition coefficient (Wildman–Crippen LogP) is 4.30. The number of nitrogens with one attached hydrogen (secondary N) is 2. The number of carbonyl (C=O) groups excluding carboxylic acids is 1. The maximum absolute atomic E-state index is 13.4. The third kappa shape index (κ3) is 6.12. The Morgan fingerprint density at radius 2 is 1.45 bits per heavy atom. The van der Waals surface area contributed by atoms with Crippen LogP contribution in [-0.4, -0.2) is 19.2 Å². The minimum absolute atomic E-state index is 0.0425. The number of urea groups is 1. The molecule has 0 bridgehead atoms. The third-order valence-corrected chi connectivity index (χ3v) is 4.14. The summed E-state index contributed by atoms with van der Waals surface area (Å²) < 4.78 is 18.7. The van der Waals surface area contributed by atoms with Crippen LogP contribution >= 0.6 is 0 Å². The van der Waals surface area contributed by atoms with Crippen LogP contribution in [-0.2, 0) is 0 Å². The molecule has 0 aromatic heterocycles. The normalized spacial score (nSPS) is 10.0. The van der Waals surface area contributed by atoms with Crippen LogP contribution < -0.4 is 15.4 Å². The molecule has 2 N–H and O–H groups in total. The molecule has 5 heteroatoms. The van der Waals surface area contributed by atoms with E-state index in [9.17, 15) is 9.18 Å². The van der Waals surface area contributed by atoms with Gasteiger partial charge in [-0.25, -0.2) is 9.18 Å². The van der Waals surface area contributed by atoms with Crippen molar-refractivity contribution >= 4 is 6.03 Å². The summed E-state index contributed by atoms with van der Waals surface area (Å²) in [5.74, 6) is 5.26. The highest BCUT2D eigenvalue weighted by atomic mass is 19.1. The number of hydrogen-bond donors (Lipinski definition) is 2. The van der Waals surface area contributed by atoms with Crippen molar-refractivity contribution in [3.8, 4) is 17.6 Å². The van der Waals surface area contributed by atoms with Gasteiger partial charge in [0, 0.05) is 0 Å². The van der Waals surface area contributed by atoms with E-state index in [0.29, 0.717) is 0 Å². The highest BCUT2D eigenvalue weighted by Crippen LogP contribution is 2.21. The van der Waals surface area contributed by atoms with Crippen LogP contribution in [0.15, 0.2) is 84.9 Å². The molecule has 0 saturated carbocycles. The maximum atomic E-state index is 13.4.